The number of sulfonamides is 1. The van der Waals surface area contributed by atoms with Gasteiger partial charge in [-0.15, -0.1) is 22.7 Å². The zero-order valence-electron chi connectivity index (χ0n) is 17.1. The van der Waals surface area contributed by atoms with Crippen molar-refractivity contribution in [3.63, 3.8) is 0 Å². The third kappa shape index (κ3) is 3.94. The van der Waals surface area contributed by atoms with Crippen LogP contribution in [0.2, 0.25) is 0 Å². The average molecular weight is 462 g/mol. The lowest BCUT2D eigenvalue weighted by atomic mass is 10.1. The Morgan fingerprint density at radius 2 is 1.77 bits per heavy atom. The molecule has 0 unspecified atom stereocenters. The molecule has 0 bridgehead atoms. The molecule has 1 aromatic carbocycles. The summed E-state index contributed by atoms with van der Waals surface area (Å²) in [5.41, 5.74) is 2.73. The van der Waals surface area contributed by atoms with Crippen LogP contribution in [0.15, 0.2) is 40.6 Å². The molecule has 0 radical (unpaired) electrons. The van der Waals surface area contributed by atoms with Gasteiger partial charge in [-0.25, -0.2) is 13.4 Å². The van der Waals surface area contributed by atoms with E-state index < -0.39 is 10.0 Å². The average Bonchev–Trinajstić information content (AvgIpc) is 3.39. The molecule has 1 aliphatic rings. The van der Waals surface area contributed by atoms with Crippen LogP contribution in [0.25, 0.3) is 9.88 Å². The smallest absolute Gasteiger partial charge is 0.265 e. The van der Waals surface area contributed by atoms with Crippen LogP contribution >= 0.6 is 22.7 Å². The van der Waals surface area contributed by atoms with E-state index in [0.29, 0.717) is 22.9 Å². The fourth-order valence-electron chi connectivity index (χ4n) is 3.40. The second-order valence-electron chi connectivity index (χ2n) is 7.35. The molecular formula is C21H23N3O3S3. The Labute approximate surface area is 184 Å². The van der Waals surface area contributed by atoms with E-state index in [-0.39, 0.29) is 19.0 Å². The third-order valence-corrected chi connectivity index (χ3v) is 9.44. The number of thiazole rings is 1. The Morgan fingerprint density at radius 1 is 1.03 bits per heavy atom. The zero-order valence-corrected chi connectivity index (χ0v) is 19.5. The zero-order chi connectivity index (χ0) is 21.5. The molecule has 9 heteroatoms. The minimum Gasteiger partial charge on any atom is -0.335 e. The Kier molecular flexibility index (Phi) is 5.80. The van der Waals surface area contributed by atoms with Gasteiger partial charge in [-0.3, -0.25) is 4.79 Å². The number of aryl methyl sites for hydroxylation is 3. The van der Waals surface area contributed by atoms with Gasteiger partial charge in [-0.2, -0.15) is 4.31 Å². The number of nitrogens with zero attached hydrogens (tertiary/aromatic N) is 3. The van der Waals surface area contributed by atoms with Crippen molar-refractivity contribution in [3.8, 4) is 9.88 Å². The van der Waals surface area contributed by atoms with Crippen LogP contribution in [-0.4, -0.2) is 54.7 Å². The molecule has 0 aliphatic carbocycles. The maximum absolute atomic E-state index is 13.0. The van der Waals surface area contributed by atoms with Gasteiger partial charge in [-0.05, 0) is 55.5 Å². The van der Waals surface area contributed by atoms with Crippen molar-refractivity contribution < 1.29 is 13.2 Å². The first-order valence-electron chi connectivity index (χ1n) is 9.65. The molecule has 0 N–H and O–H groups in total. The summed E-state index contributed by atoms with van der Waals surface area (Å²) in [6.07, 6.45) is 0. The highest BCUT2D eigenvalue weighted by Gasteiger charge is 2.31. The van der Waals surface area contributed by atoms with Gasteiger partial charge in [0.2, 0.25) is 10.0 Å². The van der Waals surface area contributed by atoms with E-state index in [4.69, 9.17) is 0 Å². The Bertz CT molecular complexity index is 1180. The van der Waals surface area contributed by atoms with Crippen LogP contribution in [0.5, 0.6) is 0 Å². The lowest BCUT2D eigenvalue weighted by molar-refractivity contribution is 0.0702. The third-order valence-electron chi connectivity index (χ3n) is 5.36. The molecule has 2 aromatic heterocycles. The van der Waals surface area contributed by atoms with E-state index in [9.17, 15) is 13.2 Å². The van der Waals surface area contributed by atoms with Crippen LogP contribution in [-0.2, 0) is 10.0 Å². The van der Waals surface area contributed by atoms with E-state index in [0.717, 1.165) is 26.7 Å². The molecule has 30 heavy (non-hydrogen) atoms. The summed E-state index contributed by atoms with van der Waals surface area (Å²) in [5, 5.41) is 2.84. The molecule has 0 atom stereocenters. The summed E-state index contributed by atoms with van der Waals surface area (Å²) < 4.78 is 27.5. The second kappa shape index (κ2) is 8.22. The van der Waals surface area contributed by atoms with Gasteiger partial charge < -0.3 is 4.90 Å². The summed E-state index contributed by atoms with van der Waals surface area (Å²) in [7, 11) is -3.56. The minimum absolute atomic E-state index is 0.0731. The summed E-state index contributed by atoms with van der Waals surface area (Å²) in [5.74, 6) is -0.0731. The van der Waals surface area contributed by atoms with Crippen molar-refractivity contribution in [3.05, 3.63) is 57.4 Å². The fourth-order valence-corrected chi connectivity index (χ4v) is 6.74. The number of amides is 1. The van der Waals surface area contributed by atoms with Crippen molar-refractivity contribution in [2.45, 2.75) is 25.7 Å². The van der Waals surface area contributed by atoms with Gasteiger partial charge in [-0.1, -0.05) is 12.1 Å². The maximum Gasteiger partial charge on any atom is 0.265 e. The monoisotopic (exact) mass is 461 g/mol. The number of benzene rings is 1. The van der Waals surface area contributed by atoms with Crippen molar-refractivity contribution >= 4 is 38.6 Å². The highest BCUT2D eigenvalue weighted by Crippen LogP contribution is 2.32. The van der Waals surface area contributed by atoms with Crippen molar-refractivity contribution in [2.24, 2.45) is 0 Å². The molecule has 1 aliphatic heterocycles. The lowest BCUT2D eigenvalue weighted by Crippen LogP contribution is -2.50. The van der Waals surface area contributed by atoms with Crippen molar-refractivity contribution in [1.29, 1.82) is 0 Å². The van der Waals surface area contributed by atoms with Crippen LogP contribution in [0.1, 0.15) is 26.5 Å². The van der Waals surface area contributed by atoms with Gasteiger partial charge >= 0.3 is 0 Å². The van der Waals surface area contributed by atoms with Crippen molar-refractivity contribution in [1.82, 2.24) is 14.2 Å². The Morgan fingerprint density at radius 3 is 2.40 bits per heavy atom. The molecule has 158 valence electrons. The first kappa shape index (κ1) is 21.2. The summed E-state index contributed by atoms with van der Waals surface area (Å²) in [6, 6.07) is 9.16. The van der Waals surface area contributed by atoms with Crippen molar-refractivity contribution in [2.75, 3.05) is 26.2 Å². The second-order valence-corrected chi connectivity index (χ2v) is 11.2. The largest absolute Gasteiger partial charge is 0.335 e. The number of rotatable bonds is 4. The number of carbonyl (C=O) groups is 1. The first-order chi connectivity index (χ1) is 14.3. The van der Waals surface area contributed by atoms with E-state index in [1.165, 1.54) is 15.6 Å². The van der Waals surface area contributed by atoms with E-state index in [1.54, 1.807) is 28.4 Å². The Hall–Kier alpha value is -2.07. The van der Waals surface area contributed by atoms with Gasteiger partial charge in [0.15, 0.2) is 0 Å². The van der Waals surface area contributed by atoms with Gasteiger partial charge in [0.25, 0.3) is 5.91 Å². The molecule has 0 saturated carbocycles. The van der Waals surface area contributed by atoms with E-state index in [1.807, 2.05) is 44.4 Å². The fraction of sp³-hybridized carbons (Fsp3) is 0.333. The highest BCUT2D eigenvalue weighted by atomic mass is 32.2. The minimum atomic E-state index is -3.56. The number of thiophene rings is 1. The number of carbonyl (C=O) groups excluding carboxylic acids is 1. The predicted molar refractivity (Wildman–Crippen MR) is 121 cm³/mol. The molecule has 1 saturated heterocycles. The summed E-state index contributed by atoms with van der Waals surface area (Å²) in [4.78, 5) is 21.3. The SMILES string of the molecule is Cc1ccc(S(=O)(=O)N2CCN(C(=O)c3sc(-c4cccs4)nc3C)CC2)cc1C. The normalized spacial score (nSPS) is 15.5. The van der Waals surface area contributed by atoms with Gasteiger partial charge in [0.05, 0.1) is 15.5 Å². The van der Waals surface area contributed by atoms with Gasteiger partial charge in [0, 0.05) is 26.2 Å². The quantitative estimate of drug-likeness (QED) is 0.590. The molecule has 3 heterocycles. The predicted octanol–water partition coefficient (Wildman–Crippen LogP) is 3.94. The number of aromatic nitrogens is 1. The molecule has 0 spiro atoms. The number of hydrogen-bond donors (Lipinski definition) is 0. The first-order valence-corrected chi connectivity index (χ1v) is 12.8. The Balaban J connectivity index is 1.47. The van der Waals surface area contributed by atoms with E-state index >= 15 is 0 Å². The molecule has 3 aromatic rings. The number of piperazine rings is 1. The van der Waals surface area contributed by atoms with Crippen LogP contribution in [0.4, 0.5) is 0 Å². The van der Waals surface area contributed by atoms with Crippen LogP contribution in [0.3, 0.4) is 0 Å². The molecule has 4 rings (SSSR count). The standard InChI is InChI=1S/C21H23N3O3S3/c1-14-6-7-17(13-15(14)2)30(26,27)24-10-8-23(9-11-24)21(25)19-16(3)22-20(29-19)18-5-4-12-28-18/h4-7,12-13H,8-11H2,1-3H3. The number of hydrogen-bond acceptors (Lipinski definition) is 6. The maximum atomic E-state index is 13.0. The summed E-state index contributed by atoms with van der Waals surface area (Å²) in [6.45, 7) is 7.03. The topological polar surface area (TPSA) is 70.6 Å². The highest BCUT2D eigenvalue weighted by molar-refractivity contribution is 7.89. The van der Waals surface area contributed by atoms with E-state index in [2.05, 4.69) is 4.98 Å². The lowest BCUT2D eigenvalue weighted by Gasteiger charge is -2.34. The molecular weight excluding hydrogens is 438 g/mol. The molecule has 6 nitrogen and oxygen atoms in total. The van der Waals surface area contributed by atoms with Gasteiger partial charge in [0.1, 0.15) is 9.88 Å². The van der Waals surface area contributed by atoms with Crippen LogP contribution < -0.4 is 0 Å². The molecule has 1 fully saturated rings. The molecule has 1 amide bonds. The summed E-state index contributed by atoms with van der Waals surface area (Å²) >= 11 is 3.00. The van der Waals surface area contributed by atoms with Crippen LogP contribution in [0, 0.1) is 20.8 Å².